The van der Waals surface area contributed by atoms with Gasteiger partial charge in [0.1, 0.15) is 0 Å². The van der Waals surface area contributed by atoms with E-state index < -0.39 is 0 Å². The van der Waals surface area contributed by atoms with Crippen LogP contribution >= 0.6 is 0 Å². The Balaban J connectivity index is 3.97. The molecule has 0 aromatic heterocycles. The summed E-state index contributed by atoms with van der Waals surface area (Å²) in [7, 11) is 0. The fourth-order valence-corrected chi connectivity index (χ4v) is 0.443. The molecule has 2 unspecified atom stereocenters. The van der Waals surface area contributed by atoms with Gasteiger partial charge in [-0.15, -0.1) is 13.2 Å². The summed E-state index contributed by atoms with van der Waals surface area (Å²) in [5.41, 5.74) is 5.43. The van der Waals surface area contributed by atoms with Gasteiger partial charge in [-0.25, -0.2) is 0 Å². The van der Waals surface area contributed by atoms with Crippen molar-refractivity contribution >= 4 is 0 Å². The van der Waals surface area contributed by atoms with Crippen molar-refractivity contribution in [2.24, 2.45) is 11.7 Å². The minimum absolute atomic E-state index is 0.285. The molecule has 0 rings (SSSR count). The van der Waals surface area contributed by atoms with Crippen molar-refractivity contribution < 1.29 is 0 Å². The molecule has 0 aliphatic heterocycles. The number of hydrogen-bond donors (Lipinski definition) is 1. The summed E-state index contributed by atoms with van der Waals surface area (Å²) in [6.45, 7) is 6.90. The average Bonchev–Trinajstić information content (AvgIpc) is 1.90. The van der Waals surface area contributed by atoms with Crippen LogP contribution in [0.5, 0.6) is 0 Å². The van der Waals surface area contributed by atoms with Gasteiger partial charge in [0.25, 0.3) is 0 Å². The zero-order valence-electron chi connectivity index (χ0n) is 5.25. The summed E-state index contributed by atoms with van der Waals surface area (Å²) in [5.74, 6) is -0.303. The highest BCUT2D eigenvalue weighted by Gasteiger charge is 2.07. The molecule has 0 spiro atoms. The molecule has 0 saturated heterocycles. The first-order chi connectivity index (χ1) is 4.26. The SMILES string of the molecule is C=CC(N)C(C#N)C=C. The highest BCUT2D eigenvalue weighted by molar-refractivity contribution is 5.06. The van der Waals surface area contributed by atoms with Crippen molar-refractivity contribution in [1.82, 2.24) is 0 Å². The van der Waals surface area contributed by atoms with Crippen LogP contribution in [0, 0.1) is 17.2 Å². The van der Waals surface area contributed by atoms with Crippen LogP contribution in [0.2, 0.25) is 0 Å². The number of hydrogen-bond acceptors (Lipinski definition) is 2. The number of nitrogens with two attached hydrogens (primary N) is 1. The van der Waals surface area contributed by atoms with Crippen LogP contribution in [0.4, 0.5) is 0 Å². The van der Waals surface area contributed by atoms with Crippen molar-refractivity contribution in [3.63, 3.8) is 0 Å². The lowest BCUT2D eigenvalue weighted by atomic mass is 10.0. The zero-order chi connectivity index (χ0) is 7.28. The minimum Gasteiger partial charge on any atom is -0.323 e. The van der Waals surface area contributed by atoms with Crippen molar-refractivity contribution in [2.45, 2.75) is 6.04 Å². The van der Waals surface area contributed by atoms with Crippen LogP contribution < -0.4 is 5.73 Å². The van der Waals surface area contributed by atoms with Crippen LogP contribution in [0.1, 0.15) is 0 Å². The molecule has 2 N–H and O–H groups in total. The van der Waals surface area contributed by atoms with E-state index in [1.54, 1.807) is 0 Å². The molecule has 48 valence electrons. The Morgan fingerprint density at radius 3 is 2.11 bits per heavy atom. The first kappa shape index (κ1) is 7.93. The number of nitriles is 1. The molecule has 0 aliphatic carbocycles. The third-order valence-electron chi connectivity index (χ3n) is 1.09. The smallest absolute Gasteiger partial charge is 0.0827 e. The Labute approximate surface area is 55.3 Å². The Morgan fingerprint density at radius 1 is 1.44 bits per heavy atom. The topological polar surface area (TPSA) is 49.8 Å². The van der Waals surface area contributed by atoms with Gasteiger partial charge in [0.2, 0.25) is 0 Å². The largest absolute Gasteiger partial charge is 0.323 e. The van der Waals surface area contributed by atoms with Gasteiger partial charge in [-0.3, -0.25) is 0 Å². The Bertz CT molecular complexity index is 143. The second kappa shape index (κ2) is 3.88. The van der Waals surface area contributed by atoms with Crippen molar-refractivity contribution in [3.8, 4) is 6.07 Å². The summed E-state index contributed by atoms with van der Waals surface area (Å²) >= 11 is 0. The maximum Gasteiger partial charge on any atom is 0.0827 e. The van der Waals surface area contributed by atoms with E-state index in [0.717, 1.165) is 0 Å². The minimum atomic E-state index is -0.303. The van der Waals surface area contributed by atoms with E-state index in [1.807, 2.05) is 6.07 Å². The highest BCUT2D eigenvalue weighted by atomic mass is 14.6. The number of nitrogens with zero attached hydrogens (tertiary/aromatic N) is 1. The molecular weight excluding hydrogens is 112 g/mol. The van der Waals surface area contributed by atoms with E-state index in [4.69, 9.17) is 11.0 Å². The molecule has 0 aliphatic rings. The lowest BCUT2D eigenvalue weighted by Gasteiger charge is -2.06. The Kier molecular flexibility index (Phi) is 3.41. The highest BCUT2D eigenvalue weighted by Crippen LogP contribution is 2.00. The van der Waals surface area contributed by atoms with E-state index in [9.17, 15) is 0 Å². The fraction of sp³-hybridized carbons (Fsp3) is 0.286. The predicted molar refractivity (Wildman–Crippen MR) is 37.5 cm³/mol. The summed E-state index contributed by atoms with van der Waals surface area (Å²) < 4.78 is 0. The van der Waals surface area contributed by atoms with Gasteiger partial charge in [-0.2, -0.15) is 5.26 Å². The molecule has 0 saturated carbocycles. The van der Waals surface area contributed by atoms with Crippen molar-refractivity contribution in [1.29, 1.82) is 5.26 Å². The van der Waals surface area contributed by atoms with E-state index in [1.165, 1.54) is 12.2 Å². The van der Waals surface area contributed by atoms with Gasteiger partial charge in [-0.05, 0) is 0 Å². The standard InChI is InChI=1S/C7H10N2/c1-3-6(5-8)7(9)4-2/h3-4,6-7H,1-2,9H2. The molecule has 0 fully saturated rings. The molecule has 0 aromatic carbocycles. The van der Waals surface area contributed by atoms with E-state index in [2.05, 4.69) is 13.2 Å². The predicted octanol–water partition coefficient (Wildman–Crippen LogP) is 0.825. The second-order valence-electron chi connectivity index (χ2n) is 1.70. The molecule has 2 atom stereocenters. The first-order valence-electron chi connectivity index (χ1n) is 2.66. The first-order valence-corrected chi connectivity index (χ1v) is 2.66. The molecule has 0 amide bonds. The van der Waals surface area contributed by atoms with E-state index >= 15 is 0 Å². The van der Waals surface area contributed by atoms with Crippen LogP contribution in [-0.4, -0.2) is 6.04 Å². The fourth-order valence-electron chi connectivity index (χ4n) is 0.443. The summed E-state index contributed by atoms with van der Waals surface area (Å²) in [4.78, 5) is 0. The monoisotopic (exact) mass is 122 g/mol. The maximum absolute atomic E-state index is 8.38. The Morgan fingerprint density at radius 2 is 2.00 bits per heavy atom. The third-order valence-corrected chi connectivity index (χ3v) is 1.09. The lowest BCUT2D eigenvalue weighted by molar-refractivity contribution is 0.706. The van der Waals surface area contributed by atoms with Gasteiger partial charge < -0.3 is 5.73 Å². The molecular formula is C7H10N2. The van der Waals surface area contributed by atoms with E-state index in [-0.39, 0.29) is 12.0 Å². The van der Waals surface area contributed by atoms with E-state index in [0.29, 0.717) is 0 Å². The van der Waals surface area contributed by atoms with Gasteiger partial charge in [0.05, 0.1) is 12.0 Å². The van der Waals surface area contributed by atoms with Crippen LogP contribution in [0.25, 0.3) is 0 Å². The van der Waals surface area contributed by atoms with Gasteiger partial charge >= 0.3 is 0 Å². The van der Waals surface area contributed by atoms with Crippen molar-refractivity contribution in [2.75, 3.05) is 0 Å². The average molecular weight is 122 g/mol. The molecule has 0 heterocycles. The molecule has 0 aromatic rings. The molecule has 0 bridgehead atoms. The number of rotatable bonds is 3. The Hall–Kier alpha value is -1.07. The molecule has 2 nitrogen and oxygen atoms in total. The summed E-state index contributed by atoms with van der Waals surface area (Å²) in [5, 5.41) is 8.38. The van der Waals surface area contributed by atoms with Gasteiger partial charge in [-0.1, -0.05) is 12.2 Å². The zero-order valence-corrected chi connectivity index (χ0v) is 5.25. The molecule has 2 heteroatoms. The second-order valence-corrected chi connectivity index (χ2v) is 1.70. The van der Waals surface area contributed by atoms with Gasteiger partial charge in [0.15, 0.2) is 0 Å². The van der Waals surface area contributed by atoms with Crippen LogP contribution in [0.3, 0.4) is 0 Å². The van der Waals surface area contributed by atoms with Crippen molar-refractivity contribution in [3.05, 3.63) is 25.3 Å². The lowest BCUT2D eigenvalue weighted by Crippen LogP contribution is -2.24. The van der Waals surface area contributed by atoms with Crippen LogP contribution in [-0.2, 0) is 0 Å². The third kappa shape index (κ3) is 2.11. The summed E-state index contributed by atoms with van der Waals surface area (Å²) in [6, 6.07) is 1.70. The molecule has 9 heavy (non-hydrogen) atoms. The van der Waals surface area contributed by atoms with Gasteiger partial charge in [0, 0.05) is 6.04 Å². The van der Waals surface area contributed by atoms with Crippen LogP contribution in [0.15, 0.2) is 25.3 Å². The molecule has 0 radical (unpaired) electrons. The maximum atomic E-state index is 8.38. The quantitative estimate of drug-likeness (QED) is 0.563. The normalized spacial score (nSPS) is 15.1. The summed E-state index contributed by atoms with van der Waals surface area (Å²) in [6.07, 6.45) is 3.06.